The van der Waals surface area contributed by atoms with Crippen molar-refractivity contribution in [3.63, 3.8) is 0 Å². The molecule has 3 aromatic rings. The molecule has 2 heterocycles. The number of anilines is 2. The summed E-state index contributed by atoms with van der Waals surface area (Å²) in [5.41, 5.74) is 4.43. The van der Waals surface area contributed by atoms with E-state index >= 15 is 0 Å². The maximum Gasteiger partial charge on any atom is 0.206 e. The van der Waals surface area contributed by atoms with Crippen molar-refractivity contribution in [2.45, 2.75) is 30.1 Å². The minimum Gasteiger partial charge on any atom is -0.356 e. The van der Waals surface area contributed by atoms with Crippen LogP contribution in [0.4, 0.5) is 10.8 Å². The number of hydrogen-bond donors (Lipinski definition) is 1. The van der Waals surface area contributed by atoms with E-state index in [1.807, 2.05) is 37.4 Å². The van der Waals surface area contributed by atoms with Crippen molar-refractivity contribution in [1.82, 2.24) is 10.2 Å². The lowest BCUT2D eigenvalue weighted by Gasteiger charge is -2.23. The van der Waals surface area contributed by atoms with Gasteiger partial charge in [0, 0.05) is 36.5 Å². The van der Waals surface area contributed by atoms with Crippen LogP contribution in [0.2, 0.25) is 0 Å². The molecule has 0 atom stereocenters. The highest BCUT2D eigenvalue weighted by molar-refractivity contribution is 8.01. The number of nitrogens with zero attached hydrogens (tertiary/aromatic N) is 3. The topological polar surface area (TPSA) is 58.1 Å². The van der Waals surface area contributed by atoms with Gasteiger partial charge in [-0.15, -0.1) is 10.2 Å². The monoisotopic (exact) mass is 436 g/mol. The molecule has 1 N–H and O–H groups in total. The highest BCUT2D eigenvalue weighted by Gasteiger charge is 2.38. The third-order valence-corrected chi connectivity index (χ3v) is 7.31. The predicted molar refractivity (Wildman–Crippen MR) is 125 cm³/mol. The molecule has 0 unspecified atom stereocenters. The van der Waals surface area contributed by atoms with Crippen LogP contribution in [0, 0.1) is 0 Å². The summed E-state index contributed by atoms with van der Waals surface area (Å²) in [5, 5.41) is 12.4. The number of carbonyl (C=O) groups excluding carboxylic acids is 1. The van der Waals surface area contributed by atoms with E-state index in [1.54, 1.807) is 6.08 Å². The molecule has 0 spiro atoms. The molecule has 0 fully saturated rings. The number of benzene rings is 2. The number of ketones is 1. The van der Waals surface area contributed by atoms with Gasteiger partial charge in [0.1, 0.15) is 0 Å². The Kier molecular flexibility index (Phi) is 5.92. The molecular formula is C23H24N4OS2. The fraction of sp³-hybridized carbons (Fsp3) is 0.261. The summed E-state index contributed by atoms with van der Waals surface area (Å²) in [6, 6.07) is 18.5. The van der Waals surface area contributed by atoms with Gasteiger partial charge in [-0.05, 0) is 17.2 Å². The van der Waals surface area contributed by atoms with Crippen molar-refractivity contribution in [3.05, 3.63) is 77.5 Å². The molecule has 154 valence electrons. The fourth-order valence-corrected chi connectivity index (χ4v) is 5.27. The zero-order valence-electron chi connectivity index (χ0n) is 17.3. The molecule has 4 rings (SSSR count). The fourth-order valence-electron chi connectivity index (χ4n) is 3.70. The summed E-state index contributed by atoms with van der Waals surface area (Å²) >= 11 is 2.91. The van der Waals surface area contributed by atoms with E-state index in [2.05, 4.69) is 58.5 Å². The van der Waals surface area contributed by atoms with Crippen molar-refractivity contribution >= 4 is 39.7 Å². The summed E-state index contributed by atoms with van der Waals surface area (Å²) in [6.07, 6.45) is 1.78. The third-order valence-electron chi connectivity index (χ3n) is 5.27. The second-order valence-electron chi connectivity index (χ2n) is 7.70. The molecule has 0 bridgehead atoms. The Balaban J connectivity index is 1.36. The Morgan fingerprint density at radius 1 is 1.13 bits per heavy atom. The number of aromatic nitrogens is 2. The van der Waals surface area contributed by atoms with E-state index in [1.165, 1.54) is 34.2 Å². The van der Waals surface area contributed by atoms with Crippen LogP contribution >= 0.6 is 23.1 Å². The minimum atomic E-state index is -0.192. The van der Waals surface area contributed by atoms with Gasteiger partial charge in [-0.2, -0.15) is 0 Å². The minimum absolute atomic E-state index is 0.0803. The number of thioether (sulfide) groups is 1. The largest absolute Gasteiger partial charge is 0.356 e. The smallest absolute Gasteiger partial charge is 0.206 e. The zero-order chi connectivity index (χ0) is 21.1. The van der Waals surface area contributed by atoms with Crippen molar-refractivity contribution in [2.24, 2.45) is 0 Å². The quantitative estimate of drug-likeness (QED) is 0.410. The van der Waals surface area contributed by atoms with E-state index in [9.17, 15) is 4.79 Å². The van der Waals surface area contributed by atoms with Crippen LogP contribution in [-0.4, -0.2) is 28.8 Å². The van der Waals surface area contributed by atoms with Crippen LogP contribution in [0.25, 0.3) is 0 Å². The summed E-state index contributed by atoms with van der Waals surface area (Å²) in [4.78, 5) is 14.8. The molecule has 1 aromatic heterocycles. The standard InChI is InChI=1S/C23H24N4OS2/c1-23(2)18-11-7-8-12-19(18)27(3)20(23)13-17(28)15-29-22-26-25-21(30-22)24-14-16-9-5-4-6-10-16/h4-13H,14-15H2,1-3H3,(H,24,25)/b20-13+. The van der Waals surface area contributed by atoms with Gasteiger partial charge in [0.15, 0.2) is 10.1 Å². The Morgan fingerprint density at radius 2 is 1.87 bits per heavy atom. The van der Waals surface area contributed by atoms with Crippen LogP contribution in [0.15, 0.2) is 70.7 Å². The van der Waals surface area contributed by atoms with Gasteiger partial charge in [-0.25, -0.2) is 0 Å². The summed E-state index contributed by atoms with van der Waals surface area (Å²) < 4.78 is 0.791. The van der Waals surface area contributed by atoms with Gasteiger partial charge in [0.2, 0.25) is 5.13 Å². The third kappa shape index (κ3) is 4.27. The number of hydrogen-bond acceptors (Lipinski definition) is 7. The highest BCUT2D eigenvalue weighted by Crippen LogP contribution is 2.46. The highest BCUT2D eigenvalue weighted by atomic mass is 32.2. The van der Waals surface area contributed by atoms with E-state index < -0.39 is 0 Å². The molecule has 7 heteroatoms. The Labute approximate surface area is 185 Å². The molecule has 5 nitrogen and oxygen atoms in total. The van der Waals surface area contributed by atoms with Crippen LogP contribution in [0.5, 0.6) is 0 Å². The second-order valence-corrected chi connectivity index (χ2v) is 9.90. The van der Waals surface area contributed by atoms with Crippen LogP contribution in [0.1, 0.15) is 25.0 Å². The maximum absolute atomic E-state index is 12.7. The molecule has 0 amide bonds. The van der Waals surface area contributed by atoms with Gasteiger partial charge in [0.25, 0.3) is 0 Å². The molecule has 1 aliphatic heterocycles. The lowest BCUT2D eigenvalue weighted by atomic mass is 9.83. The first-order valence-corrected chi connectivity index (χ1v) is 11.6. The molecule has 1 aliphatic rings. The van der Waals surface area contributed by atoms with Gasteiger partial charge in [0.05, 0.1) is 5.75 Å². The Hall–Kier alpha value is -2.64. The number of allylic oxidation sites excluding steroid dienone is 2. The van der Waals surface area contributed by atoms with Crippen molar-refractivity contribution in [1.29, 1.82) is 0 Å². The van der Waals surface area contributed by atoms with Gasteiger partial charge in [-0.3, -0.25) is 4.79 Å². The number of para-hydroxylation sites is 1. The second kappa shape index (κ2) is 8.62. The first-order valence-electron chi connectivity index (χ1n) is 9.77. The molecule has 0 radical (unpaired) electrons. The average molecular weight is 437 g/mol. The molecule has 0 saturated carbocycles. The number of likely N-dealkylation sites (N-methyl/N-ethyl adjacent to an activating group) is 1. The van der Waals surface area contributed by atoms with Gasteiger partial charge in [-0.1, -0.05) is 85.5 Å². The van der Waals surface area contributed by atoms with E-state index in [4.69, 9.17) is 0 Å². The Morgan fingerprint density at radius 3 is 2.63 bits per heavy atom. The normalized spacial score (nSPS) is 16.0. The molecular weight excluding hydrogens is 412 g/mol. The number of rotatable bonds is 7. The summed E-state index contributed by atoms with van der Waals surface area (Å²) in [6.45, 7) is 5.03. The van der Waals surface area contributed by atoms with E-state index in [-0.39, 0.29) is 11.2 Å². The lowest BCUT2D eigenvalue weighted by Crippen LogP contribution is -2.24. The zero-order valence-corrected chi connectivity index (χ0v) is 18.9. The van der Waals surface area contributed by atoms with Crippen LogP contribution < -0.4 is 10.2 Å². The number of fused-ring (bicyclic) bond motifs is 1. The summed E-state index contributed by atoms with van der Waals surface area (Å²) in [5.74, 6) is 0.425. The maximum atomic E-state index is 12.7. The number of carbonyl (C=O) groups is 1. The molecule has 2 aromatic carbocycles. The molecule has 30 heavy (non-hydrogen) atoms. The van der Waals surface area contributed by atoms with Gasteiger partial charge < -0.3 is 10.2 Å². The van der Waals surface area contributed by atoms with Crippen LogP contribution in [-0.2, 0) is 16.8 Å². The van der Waals surface area contributed by atoms with Gasteiger partial charge >= 0.3 is 0 Å². The van der Waals surface area contributed by atoms with Crippen molar-refractivity contribution in [2.75, 3.05) is 23.0 Å². The predicted octanol–water partition coefficient (Wildman–Crippen LogP) is 5.12. The molecule has 0 aliphatic carbocycles. The van der Waals surface area contributed by atoms with Crippen molar-refractivity contribution in [3.8, 4) is 0 Å². The van der Waals surface area contributed by atoms with Crippen LogP contribution in [0.3, 0.4) is 0 Å². The first-order chi connectivity index (χ1) is 14.4. The SMILES string of the molecule is CN1/C(=C/C(=O)CSc2nnc(NCc3ccccc3)s2)C(C)(C)c2ccccc21. The first kappa shape index (κ1) is 20.6. The van der Waals surface area contributed by atoms with E-state index in [0.717, 1.165) is 20.9 Å². The summed E-state index contributed by atoms with van der Waals surface area (Å²) in [7, 11) is 2.02. The Bertz CT molecular complexity index is 1080. The molecule has 0 saturated heterocycles. The van der Waals surface area contributed by atoms with Crippen molar-refractivity contribution < 1.29 is 4.79 Å². The van der Waals surface area contributed by atoms with E-state index in [0.29, 0.717) is 12.3 Å². The lowest BCUT2D eigenvalue weighted by molar-refractivity contribution is -0.112. The average Bonchev–Trinajstić information content (AvgIpc) is 3.29. The number of nitrogens with one attached hydrogen (secondary N) is 1.